The van der Waals surface area contributed by atoms with E-state index in [0.717, 1.165) is 44.8 Å². The molecule has 9 rings (SSSR count). The normalized spacial score (nSPS) is 12.3. The van der Waals surface area contributed by atoms with E-state index in [1.807, 2.05) is 97.1 Å². The summed E-state index contributed by atoms with van der Waals surface area (Å²) in [6.07, 6.45) is 8.09. The fourth-order valence-corrected chi connectivity index (χ4v) is 11.7. The van der Waals surface area contributed by atoms with Crippen molar-refractivity contribution < 1.29 is 12.8 Å². The fourth-order valence-electron chi connectivity index (χ4n) is 6.06. The minimum absolute atomic E-state index is 0.706. The van der Waals surface area contributed by atoms with E-state index in [1.54, 1.807) is 0 Å². The summed E-state index contributed by atoms with van der Waals surface area (Å²) in [5.74, 6) is 0. The number of aromatic amines is 2. The van der Waals surface area contributed by atoms with Gasteiger partial charge >= 0.3 is 194 Å². The van der Waals surface area contributed by atoms with Crippen molar-refractivity contribution in [2.75, 3.05) is 0 Å². The molecule has 0 aliphatic carbocycles. The van der Waals surface area contributed by atoms with Crippen LogP contribution in [0.2, 0.25) is 20.1 Å². The standard InChI is InChI=1S/C20H14N4.4C6H4Cl.Fe/c1-2-14-10-16-5-6-18(23-16)12-20-8-7-19(24-20)11-17-4-3-15(22-17)9-13(1)21-14;4*7-6-4-2-1-3-5-6;/h1-12,21,24H;4*2-5H;. The molecule has 2 aliphatic rings. The molecule has 0 saturated carbocycles. The predicted octanol–water partition coefficient (Wildman–Crippen LogP) is 10.7. The summed E-state index contributed by atoms with van der Waals surface area (Å²) in [5.41, 5.74) is 7.86. The number of nitrogens with zero attached hydrogens (tertiary/aromatic N) is 2. The van der Waals surface area contributed by atoms with Crippen LogP contribution in [-0.2, 0) is 12.8 Å². The van der Waals surface area contributed by atoms with E-state index < -0.39 is 12.8 Å². The van der Waals surface area contributed by atoms with E-state index in [9.17, 15) is 0 Å². The summed E-state index contributed by atoms with van der Waals surface area (Å²) >= 11 is 22.5. The molecule has 3 aromatic heterocycles. The van der Waals surface area contributed by atoms with Crippen LogP contribution in [-0.4, -0.2) is 19.9 Å². The van der Waals surface area contributed by atoms with Crippen LogP contribution in [0.1, 0.15) is 22.8 Å². The first-order valence-electron chi connectivity index (χ1n) is 16.6. The first-order valence-corrected chi connectivity index (χ1v) is 20.3. The average Bonchev–Trinajstić information content (AvgIpc) is 3.99. The molecule has 8 bridgehead atoms. The third-order valence-electron chi connectivity index (χ3n) is 8.45. The molecule has 262 valence electrons. The van der Waals surface area contributed by atoms with E-state index in [4.69, 9.17) is 46.4 Å². The Morgan fingerprint density at radius 1 is 0.321 bits per heavy atom. The Bertz CT molecular complexity index is 2280. The molecular formula is C44H30Cl4FeN4. The van der Waals surface area contributed by atoms with Crippen molar-refractivity contribution in [2.24, 2.45) is 0 Å². The predicted molar refractivity (Wildman–Crippen MR) is 223 cm³/mol. The van der Waals surface area contributed by atoms with Gasteiger partial charge in [-0.1, -0.05) is 0 Å². The third-order valence-corrected chi connectivity index (χ3v) is 14.8. The van der Waals surface area contributed by atoms with Gasteiger partial charge in [0.25, 0.3) is 0 Å². The zero-order valence-corrected chi connectivity index (χ0v) is 32.1. The minimum atomic E-state index is -2.42. The Kier molecular flexibility index (Phi) is 10.1. The van der Waals surface area contributed by atoms with Crippen molar-refractivity contribution in [3.8, 4) is 0 Å². The van der Waals surface area contributed by atoms with Crippen LogP contribution < -0.4 is 17.8 Å². The van der Waals surface area contributed by atoms with Gasteiger partial charge in [-0.3, -0.25) is 0 Å². The second-order valence-electron chi connectivity index (χ2n) is 12.1. The van der Waals surface area contributed by atoms with E-state index in [-0.39, 0.29) is 0 Å². The third kappa shape index (κ3) is 7.78. The Morgan fingerprint density at radius 3 is 0.774 bits per heavy atom. The molecular weight excluding hydrogens is 782 g/mol. The van der Waals surface area contributed by atoms with Crippen LogP contribution in [0.5, 0.6) is 0 Å². The van der Waals surface area contributed by atoms with Gasteiger partial charge < -0.3 is 9.97 Å². The molecule has 0 radical (unpaired) electrons. The molecule has 2 aliphatic heterocycles. The van der Waals surface area contributed by atoms with Crippen LogP contribution >= 0.6 is 46.4 Å². The summed E-state index contributed by atoms with van der Waals surface area (Å²) in [4.78, 5) is 16.0. The van der Waals surface area contributed by atoms with Gasteiger partial charge in [0, 0.05) is 22.1 Å². The average molecular weight is 812 g/mol. The monoisotopic (exact) mass is 810 g/mol. The fraction of sp³-hybridized carbons (Fsp3) is 0. The Hall–Kier alpha value is -4.84. The van der Waals surface area contributed by atoms with Crippen LogP contribution in [0.3, 0.4) is 0 Å². The van der Waals surface area contributed by atoms with Crippen molar-refractivity contribution in [3.63, 3.8) is 0 Å². The van der Waals surface area contributed by atoms with Gasteiger partial charge in [0.15, 0.2) is 0 Å². The quantitative estimate of drug-likeness (QED) is 0.174. The van der Waals surface area contributed by atoms with E-state index >= 15 is 0 Å². The van der Waals surface area contributed by atoms with E-state index in [1.165, 1.54) is 17.8 Å². The Balaban J connectivity index is 0.000000153. The second-order valence-corrected chi connectivity index (χ2v) is 18.1. The SMILES string of the molecule is C1=Cc2cc3ccc(cc4nc(cc5ccc(cc1n2)[nH]5)C=C4)[nH]3.Clc1cc[c]([Fe]([c]2ccc(Cl)cc2)([c]2ccc(Cl)cc2)[c]2ccc(Cl)cc2)cc1. The topological polar surface area (TPSA) is 57.4 Å². The van der Waals surface area contributed by atoms with Crippen molar-refractivity contribution >= 4 is 111 Å². The van der Waals surface area contributed by atoms with Crippen LogP contribution in [0.15, 0.2) is 146 Å². The number of rotatable bonds is 4. The van der Waals surface area contributed by atoms with Gasteiger partial charge in [0.1, 0.15) is 0 Å². The first-order chi connectivity index (χ1) is 25.8. The number of H-pyrrole nitrogens is 2. The number of aromatic nitrogens is 4. The molecule has 0 spiro atoms. The molecule has 0 amide bonds. The van der Waals surface area contributed by atoms with Crippen molar-refractivity contribution in [3.05, 3.63) is 188 Å². The molecule has 7 aromatic rings. The number of halogens is 4. The van der Waals surface area contributed by atoms with Crippen molar-refractivity contribution in [1.29, 1.82) is 0 Å². The molecule has 0 atom stereocenters. The second kappa shape index (κ2) is 15.3. The summed E-state index contributed by atoms with van der Waals surface area (Å²) in [6, 6.07) is 48.8. The number of fused-ring (bicyclic) bond motifs is 8. The first kappa shape index (κ1) is 35.2. The zero-order valence-electron chi connectivity index (χ0n) is 27.9. The van der Waals surface area contributed by atoms with Gasteiger partial charge in [-0.2, -0.15) is 0 Å². The molecule has 0 unspecified atom stereocenters. The molecule has 2 N–H and O–H groups in total. The summed E-state index contributed by atoms with van der Waals surface area (Å²) in [7, 11) is 0. The van der Waals surface area contributed by atoms with Gasteiger partial charge in [-0.25, -0.2) is 9.97 Å². The molecule has 5 heterocycles. The van der Waals surface area contributed by atoms with Gasteiger partial charge in [0.2, 0.25) is 0 Å². The van der Waals surface area contributed by atoms with Gasteiger partial charge in [-0.05, 0) is 72.8 Å². The summed E-state index contributed by atoms with van der Waals surface area (Å²) in [6.45, 7) is 0. The molecule has 4 nitrogen and oxygen atoms in total. The van der Waals surface area contributed by atoms with Crippen molar-refractivity contribution in [1.82, 2.24) is 19.9 Å². The maximum atomic E-state index is 6.22. The van der Waals surface area contributed by atoms with Crippen LogP contribution in [0, 0.1) is 0 Å². The molecule has 4 aromatic carbocycles. The summed E-state index contributed by atoms with van der Waals surface area (Å²) in [5, 5.41) is 2.82. The van der Waals surface area contributed by atoms with Crippen LogP contribution in [0.4, 0.5) is 0 Å². The molecule has 53 heavy (non-hydrogen) atoms. The Morgan fingerprint density at radius 2 is 0.547 bits per heavy atom. The Labute approximate surface area is 329 Å². The number of hydrogen-bond acceptors (Lipinski definition) is 2. The van der Waals surface area contributed by atoms with E-state index in [0.29, 0.717) is 20.1 Å². The van der Waals surface area contributed by atoms with Crippen LogP contribution in [0.25, 0.3) is 46.4 Å². The molecule has 0 fully saturated rings. The molecule has 9 heteroatoms. The maximum absolute atomic E-state index is 6.22. The number of benzene rings is 4. The molecule has 0 saturated heterocycles. The zero-order chi connectivity index (χ0) is 36.4. The number of nitrogens with one attached hydrogen (secondary N) is 2. The number of hydrogen-bond donors (Lipinski definition) is 2. The van der Waals surface area contributed by atoms with Crippen molar-refractivity contribution in [2.45, 2.75) is 0 Å². The van der Waals surface area contributed by atoms with E-state index in [2.05, 4.69) is 92.7 Å². The van der Waals surface area contributed by atoms with Gasteiger partial charge in [0.05, 0.1) is 22.8 Å². The van der Waals surface area contributed by atoms with Gasteiger partial charge in [-0.15, -0.1) is 0 Å². The summed E-state index contributed by atoms with van der Waals surface area (Å²) < 4.78 is 4.81.